The number of aromatic nitrogens is 2. The first-order chi connectivity index (χ1) is 16.7. The van der Waals surface area contributed by atoms with Crippen LogP contribution in [0.4, 0.5) is 0 Å². The van der Waals surface area contributed by atoms with Crippen molar-refractivity contribution in [2.24, 2.45) is 5.92 Å². The number of benzene rings is 2. The van der Waals surface area contributed by atoms with Crippen molar-refractivity contribution < 1.29 is 4.79 Å². The van der Waals surface area contributed by atoms with Crippen LogP contribution in [-0.2, 0) is 11.3 Å². The summed E-state index contributed by atoms with van der Waals surface area (Å²) in [4.78, 5) is 17.6. The first kappa shape index (κ1) is 26.1. The molecule has 0 fully saturated rings. The maximum Gasteiger partial charge on any atom is 0.223 e. The lowest BCUT2D eigenvalue weighted by molar-refractivity contribution is -0.125. The lowest BCUT2D eigenvalue weighted by Gasteiger charge is -2.14. The van der Waals surface area contributed by atoms with Gasteiger partial charge < -0.3 is 9.88 Å². The Balaban J connectivity index is 1.72. The topological polar surface area (TPSA) is 46.9 Å². The van der Waals surface area contributed by atoms with Gasteiger partial charge >= 0.3 is 0 Å². The molecule has 3 rings (SSSR count). The molecular formula is C29H39N3OS. The van der Waals surface area contributed by atoms with Gasteiger partial charge in [-0.3, -0.25) is 4.79 Å². The van der Waals surface area contributed by atoms with Crippen molar-refractivity contribution in [1.82, 2.24) is 14.9 Å². The van der Waals surface area contributed by atoms with Crippen molar-refractivity contribution in [2.45, 2.75) is 71.0 Å². The van der Waals surface area contributed by atoms with Gasteiger partial charge in [-0.1, -0.05) is 106 Å². The molecule has 0 bridgehead atoms. The van der Waals surface area contributed by atoms with E-state index in [1.807, 2.05) is 6.07 Å². The fourth-order valence-corrected chi connectivity index (χ4v) is 5.19. The Labute approximate surface area is 209 Å². The van der Waals surface area contributed by atoms with Crippen LogP contribution >= 0.6 is 11.8 Å². The minimum Gasteiger partial charge on any atom is -0.356 e. The number of nitrogens with zero attached hydrogens (tertiary/aromatic N) is 2. The van der Waals surface area contributed by atoms with Crippen molar-refractivity contribution >= 4 is 17.7 Å². The number of amides is 1. The zero-order valence-electron chi connectivity index (χ0n) is 20.9. The lowest BCUT2D eigenvalue weighted by Crippen LogP contribution is -2.31. The van der Waals surface area contributed by atoms with E-state index in [-0.39, 0.29) is 11.8 Å². The molecule has 0 radical (unpaired) electrons. The van der Waals surface area contributed by atoms with Crippen LogP contribution in [-0.4, -0.2) is 27.8 Å². The molecular weight excluding hydrogens is 438 g/mol. The summed E-state index contributed by atoms with van der Waals surface area (Å²) in [6.45, 7) is 8.15. The number of nitrogens with one attached hydrogen (secondary N) is 1. The van der Waals surface area contributed by atoms with E-state index in [9.17, 15) is 4.79 Å². The Morgan fingerprint density at radius 2 is 1.62 bits per heavy atom. The molecule has 1 atom stereocenters. The quantitative estimate of drug-likeness (QED) is 0.194. The molecule has 0 aliphatic heterocycles. The Hall–Kier alpha value is -2.53. The van der Waals surface area contributed by atoms with Crippen LogP contribution in [0.25, 0.3) is 22.5 Å². The highest BCUT2D eigenvalue weighted by molar-refractivity contribution is 7.99. The molecule has 0 aliphatic carbocycles. The van der Waals surface area contributed by atoms with Gasteiger partial charge in [0.25, 0.3) is 0 Å². The first-order valence-corrected chi connectivity index (χ1v) is 13.8. The highest BCUT2D eigenvalue weighted by atomic mass is 32.2. The van der Waals surface area contributed by atoms with E-state index in [1.165, 1.54) is 11.3 Å². The molecule has 1 aromatic heterocycles. The number of imidazole rings is 1. The predicted octanol–water partition coefficient (Wildman–Crippen LogP) is 7.44. The van der Waals surface area contributed by atoms with Crippen LogP contribution in [0.1, 0.15) is 59.3 Å². The maximum atomic E-state index is 12.5. The minimum atomic E-state index is 0.151. The predicted molar refractivity (Wildman–Crippen MR) is 145 cm³/mol. The van der Waals surface area contributed by atoms with Crippen LogP contribution in [0.5, 0.6) is 0 Å². The Morgan fingerprint density at radius 1 is 0.941 bits per heavy atom. The van der Waals surface area contributed by atoms with E-state index in [2.05, 4.69) is 85.3 Å². The lowest BCUT2D eigenvalue weighted by atomic mass is 9.98. The minimum absolute atomic E-state index is 0.151. The summed E-state index contributed by atoms with van der Waals surface area (Å²) in [6.07, 6.45) is 6.15. The molecule has 1 unspecified atom stereocenters. The second kappa shape index (κ2) is 14.0. The summed E-state index contributed by atoms with van der Waals surface area (Å²) in [5.41, 5.74) is 4.56. The number of carbonyl (C=O) groups is 1. The van der Waals surface area contributed by atoms with E-state index in [1.54, 1.807) is 11.8 Å². The second-order valence-corrected chi connectivity index (χ2v) is 9.78. The number of hydrogen-bond acceptors (Lipinski definition) is 3. The maximum absolute atomic E-state index is 12.5. The standard InChI is InChI=1S/C29H39N3OS/c1-4-7-15-23(6-3)28(33)30-20-14-22-34-29-31-26(24-16-10-8-11-17-24)27(32(29)21-5-2)25-18-12-9-13-19-25/h8-13,16-19,23H,4-7,14-15,20-22H2,1-3H3,(H,30,33). The number of unbranched alkanes of at least 4 members (excludes halogenated alkanes) is 1. The summed E-state index contributed by atoms with van der Waals surface area (Å²) >= 11 is 1.79. The Bertz CT molecular complexity index is 1000. The third kappa shape index (κ3) is 6.99. The summed E-state index contributed by atoms with van der Waals surface area (Å²) < 4.78 is 2.37. The zero-order chi connectivity index (χ0) is 24.2. The van der Waals surface area contributed by atoms with E-state index in [0.717, 1.165) is 73.8 Å². The van der Waals surface area contributed by atoms with Gasteiger partial charge in [-0.15, -0.1) is 0 Å². The molecule has 0 saturated carbocycles. The van der Waals surface area contributed by atoms with Crippen molar-refractivity contribution in [3.63, 3.8) is 0 Å². The number of rotatable bonds is 14. The summed E-state index contributed by atoms with van der Waals surface area (Å²) in [7, 11) is 0. The molecule has 1 amide bonds. The number of thioether (sulfide) groups is 1. The Morgan fingerprint density at radius 3 is 2.24 bits per heavy atom. The molecule has 34 heavy (non-hydrogen) atoms. The number of carbonyl (C=O) groups excluding carboxylic acids is 1. The molecule has 0 aliphatic rings. The van der Waals surface area contributed by atoms with Gasteiger partial charge in [-0.2, -0.15) is 0 Å². The third-order valence-corrected chi connectivity index (χ3v) is 7.16. The van der Waals surface area contributed by atoms with Crippen molar-refractivity contribution in [3.05, 3.63) is 60.7 Å². The van der Waals surface area contributed by atoms with Crippen LogP contribution < -0.4 is 5.32 Å². The fraction of sp³-hybridized carbons (Fsp3) is 0.448. The molecule has 1 heterocycles. The largest absolute Gasteiger partial charge is 0.356 e. The highest BCUT2D eigenvalue weighted by Crippen LogP contribution is 2.36. The van der Waals surface area contributed by atoms with Gasteiger partial charge in [0.15, 0.2) is 5.16 Å². The van der Waals surface area contributed by atoms with E-state index in [4.69, 9.17) is 4.98 Å². The van der Waals surface area contributed by atoms with E-state index in [0.29, 0.717) is 0 Å². The third-order valence-electron chi connectivity index (χ3n) is 6.10. The normalized spacial score (nSPS) is 12.0. The van der Waals surface area contributed by atoms with Gasteiger partial charge in [-0.25, -0.2) is 4.98 Å². The SMILES string of the molecule is CCCCC(CC)C(=O)NCCCSc1nc(-c2ccccc2)c(-c2ccccc2)n1CCC. The average molecular weight is 478 g/mol. The summed E-state index contributed by atoms with van der Waals surface area (Å²) in [5.74, 6) is 1.29. The van der Waals surface area contributed by atoms with E-state index >= 15 is 0 Å². The highest BCUT2D eigenvalue weighted by Gasteiger charge is 2.20. The molecule has 0 spiro atoms. The van der Waals surface area contributed by atoms with Crippen LogP contribution in [0.2, 0.25) is 0 Å². The summed E-state index contributed by atoms with van der Waals surface area (Å²) in [6, 6.07) is 21.0. The fourth-order valence-electron chi connectivity index (χ4n) is 4.22. The molecule has 4 nitrogen and oxygen atoms in total. The van der Waals surface area contributed by atoms with Crippen LogP contribution in [0.3, 0.4) is 0 Å². The Kier molecular flexibility index (Phi) is 10.7. The monoisotopic (exact) mass is 477 g/mol. The van der Waals surface area contributed by atoms with Crippen LogP contribution in [0.15, 0.2) is 65.8 Å². The molecule has 182 valence electrons. The molecule has 5 heteroatoms. The van der Waals surface area contributed by atoms with Gasteiger partial charge in [-0.05, 0) is 25.7 Å². The van der Waals surface area contributed by atoms with E-state index < -0.39 is 0 Å². The van der Waals surface area contributed by atoms with Gasteiger partial charge in [0, 0.05) is 35.9 Å². The first-order valence-electron chi connectivity index (χ1n) is 12.8. The number of hydrogen-bond donors (Lipinski definition) is 1. The molecule has 3 aromatic rings. The smallest absolute Gasteiger partial charge is 0.223 e. The molecule has 1 N–H and O–H groups in total. The second-order valence-electron chi connectivity index (χ2n) is 8.72. The van der Waals surface area contributed by atoms with Crippen molar-refractivity contribution in [1.29, 1.82) is 0 Å². The van der Waals surface area contributed by atoms with Crippen molar-refractivity contribution in [2.75, 3.05) is 12.3 Å². The zero-order valence-corrected chi connectivity index (χ0v) is 21.7. The summed E-state index contributed by atoms with van der Waals surface area (Å²) in [5, 5.41) is 4.21. The average Bonchev–Trinajstić information content (AvgIpc) is 3.23. The molecule has 0 saturated heterocycles. The van der Waals surface area contributed by atoms with Gasteiger partial charge in [0.1, 0.15) is 0 Å². The van der Waals surface area contributed by atoms with Crippen LogP contribution in [0, 0.1) is 5.92 Å². The molecule has 2 aromatic carbocycles. The van der Waals surface area contributed by atoms with Gasteiger partial charge in [0.05, 0.1) is 11.4 Å². The van der Waals surface area contributed by atoms with Crippen molar-refractivity contribution in [3.8, 4) is 22.5 Å². The van der Waals surface area contributed by atoms with Gasteiger partial charge in [0.2, 0.25) is 5.91 Å².